The first-order valence-electron chi connectivity index (χ1n) is 11.5. The molecule has 3 N–H and O–H groups in total. The van der Waals surface area contributed by atoms with E-state index >= 15 is 0 Å². The lowest BCUT2D eigenvalue weighted by atomic mass is 10.2. The fourth-order valence-corrected chi connectivity index (χ4v) is 3.12. The lowest BCUT2D eigenvalue weighted by Crippen LogP contribution is -2.09. The molecule has 0 aliphatic rings. The van der Waals surface area contributed by atoms with Crippen LogP contribution in [0, 0.1) is 0 Å². The smallest absolute Gasteiger partial charge is 0.347 e. The number of hydrogen-bond donors (Lipinski definition) is 3. The summed E-state index contributed by atoms with van der Waals surface area (Å²) in [5.41, 5.74) is 1.80. The molecule has 0 atom stereocenters. The zero-order valence-corrected chi connectivity index (χ0v) is 21.1. The van der Waals surface area contributed by atoms with Crippen molar-refractivity contribution in [2.24, 2.45) is 0 Å². The van der Waals surface area contributed by atoms with Crippen LogP contribution in [-0.2, 0) is 4.79 Å². The standard InChI is InChI=1S/C15H13NO4.C14H14O4/c1-10(17)16-11-6-8-12(9-7-11)20-15(19)13-4-2-3-5-14(13)18;1-9(2)5-6-17-13-8-12-10(7-11(13)15)3-4-14(16)18-12/h2-9,18H,1H3,(H,16,17);3-5,7-8,15H,6H2,1-2H3. The number of rotatable bonds is 6. The Morgan fingerprint density at radius 1 is 0.921 bits per heavy atom. The fourth-order valence-electron chi connectivity index (χ4n) is 3.12. The van der Waals surface area contributed by atoms with Crippen molar-refractivity contribution in [1.82, 2.24) is 0 Å². The highest BCUT2D eigenvalue weighted by Gasteiger charge is 2.12. The number of carbonyl (C=O) groups excluding carboxylic acids is 2. The van der Waals surface area contributed by atoms with E-state index in [0.717, 1.165) is 5.57 Å². The molecule has 1 heterocycles. The lowest BCUT2D eigenvalue weighted by Gasteiger charge is -2.07. The van der Waals surface area contributed by atoms with Crippen molar-refractivity contribution in [1.29, 1.82) is 0 Å². The molecule has 0 saturated heterocycles. The summed E-state index contributed by atoms with van der Waals surface area (Å²) in [5, 5.41) is 22.6. The summed E-state index contributed by atoms with van der Waals surface area (Å²) in [7, 11) is 0. The number of esters is 1. The number of hydrogen-bond acceptors (Lipinski definition) is 8. The number of aromatic hydroxyl groups is 2. The van der Waals surface area contributed by atoms with E-state index in [1.807, 2.05) is 19.9 Å². The first-order chi connectivity index (χ1) is 18.1. The maximum atomic E-state index is 11.8. The number of allylic oxidation sites excluding steroid dienone is 1. The SMILES string of the molecule is CC(=O)Nc1ccc(OC(=O)c2ccccc2O)cc1.CC(C)=CCOc1cc2oc(=O)ccc2cc1O. The maximum Gasteiger partial charge on any atom is 0.347 e. The van der Waals surface area contributed by atoms with Gasteiger partial charge in [-0.05, 0) is 68.5 Å². The van der Waals surface area contributed by atoms with Crippen molar-refractivity contribution < 1.29 is 33.7 Å². The summed E-state index contributed by atoms with van der Waals surface area (Å²) in [6.07, 6.45) is 1.89. The molecule has 0 spiro atoms. The van der Waals surface area contributed by atoms with Crippen LogP contribution < -0.4 is 20.4 Å². The molecule has 196 valence electrons. The average molecular weight is 518 g/mol. The minimum atomic E-state index is -0.643. The molecule has 0 fully saturated rings. The largest absolute Gasteiger partial charge is 0.507 e. The van der Waals surface area contributed by atoms with Gasteiger partial charge in [0.15, 0.2) is 11.5 Å². The number of amides is 1. The quantitative estimate of drug-likeness (QED) is 0.134. The normalized spacial score (nSPS) is 10.1. The van der Waals surface area contributed by atoms with E-state index in [9.17, 15) is 24.6 Å². The number of ether oxygens (including phenoxy) is 2. The van der Waals surface area contributed by atoms with Crippen LogP contribution in [0.15, 0.2) is 93.7 Å². The summed E-state index contributed by atoms with van der Waals surface area (Å²) in [6, 6.07) is 18.4. The number of phenols is 2. The number of fused-ring (bicyclic) bond motifs is 1. The number of carbonyl (C=O) groups is 2. The van der Waals surface area contributed by atoms with Gasteiger partial charge in [0.2, 0.25) is 5.91 Å². The van der Waals surface area contributed by atoms with Crippen molar-refractivity contribution >= 4 is 28.5 Å². The van der Waals surface area contributed by atoms with Crippen LogP contribution in [0.3, 0.4) is 0 Å². The Hall–Kier alpha value is -5.05. The molecule has 0 unspecified atom stereocenters. The number of phenolic OH excluding ortho intramolecular Hbond substituents is 2. The van der Waals surface area contributed by atoms with E-state index in [0.29, 0.717) is 34.8 Å². The third-order valence-electron chi connectivity index (χ3n) is 4.94. The van der Waals surface area contributed by atoms with Crippen LogP contribution >= 0.6 is 0 Å². The molecule has 38 heavy (non-hydrogen) atoms. The van der Waals surface area contributed by atoms with Gasteiger partial charge in [0.25, 0.3) is 0 Å². The fraction of sp³-hybridized carbons (Fsp3) is 0.138. The highest BCUT2D eigenvalue weighted by molar-refractivity contribution is 5.94. The number of para-hydroxylation sites is 1. The second-order valence-electron chi connectivity index (χ2n) is 8.32. The molecule has 4 aromatic rings. The molecular formula is C29H27NO8. The van der Waals surface area contributed by atoms with E-state index in [1.165, 1.54) is 37.3 Å². The van der Waals surface area contributed by atoms with Gasteiger partial charge in [0.05, 0.1) is 0 Å². The molecular weight excluding hydrogens is 490 g/mol. The average Bonchev–Trinajstić information content (AvgIpc) is 2.86. The summed E-state index contributed by atoms with van der Waals surface area (Å²) < 4.78 is 15.6. The van der Waals surface area contributed by atoms with Crippen LogP contribution in [0.1, 0.15) is 31.1 Å². The van der Waals surface area contributed by atoms with Gasteiger partial charge in [0.1, 0.15) is 29.3 Å². The van der Waals surface area contributed by atoms with Gasteiger partial charge in [-0.1, -0.05) is 17.7 Å². The van der Waals surface area contributed by atoms with Crippen LogP contribution in [0.4, 0.5) is 5.69 Å². The Balaban J connectivity index is 0.000000212. The molecule has 0 aliphatic carbocycles. The Kier molecular flexibility index (Phi) is 9.26. The highest BCUT2D eigenvalue weighted by atomic mass is 16.5. The number of benzene rings is 3. The predicted octanol–water partition coefficient (Wildman–Crippen LogP) is 5.41. The van der Waals surface area contributed by atoms with Crippen LogP contribution in [0.5, 0.6) is 23.0 Å². The van der Waals surface area contributed by atoms with E-state index in [1.54, 1.807) is 42.5 Å². The Morgan fingerprint density at radius 2 is 1.63 bits per heavy atom. The molecule has 9 heteroatoms. The van der Waals surface area contributed by atoms with Crippen molar-refractivity contribution in [2.45, 2.75) is 20.8 Å². The van der Waals surface area contributed by atoms with Crippen LogP contribution in [0.25, 0.3) is 11.0 Å². The summed E-state index contributed by atoms with van der Waals surface area (Å²) >= 11 is 0. The molecule has 3 aromatic carbocycles. The first kappa shape index (κ1) is 27.5. The highest BCUT2D eigenvalue weighted by Crippen LogP contribution is 2.30. The van der Waals surface area contributed by atoms with Gasteiger partial charge in [-0.3, -0.25) is 4.79 Å². The summed E-state index contributed by atoms with van der Waals surface area (Å²) in [6.45, 7) is 5.69. The Bertz CT molecular complexity index is 1520. The van der Waals surface area contributed by atoms with Crippen LogP contribution in [0.2, 0.25) is 0 Å². The number of anilines is 1. The van der Waals surface area contributed by atoms with Gasteiger partial charge in [0, 0.05) is 30.1 Å². The molecule has 0 radical (unpaired) electrons. The Morgan fingerprint density at radius 3 is 2.29 bits per heavy atom. The summed E-state index contributed by atoms with van der Waals surface area (Å²) in [4.78, 5) is 33.8. The van der Waals surface area contributed by atoms with Crippen molar-refractivity contribution in [2.75, 3.05) is 11.9 Å². The van der Waals surface area contributed by atoms with E-state index < -0.39 is 11.6 Å². The van der Waals surface area contributed by atoms with Crippen LogP contribution in [-0.4, -0.2) is 28.7 Å². The molecule has 0 bridgehead atoms. The first-order valence-corrected chi connectivity index (χ1v) is 11.5. The number of nitrogens with one attached hydrogen (secondary N) is 1. The van der Waals surface area contributed by atoms with E-state index in [4.69, 9.17) is 13.9 Å². The van der Waals surface area contributed by atoms with E-state index in [-0.39, 0.29) is 23.0 Å². The Labute approximate surface area is 218 Å². The molecule has 0 saturated carbocycles. The second kappa shape index (κ2) is 12.8. The third kappa shape index (κ3) is 7.99. The zero-order chi connectivity index (χ0) is 27.7. The van der Waals surface area contributed by atoms with Gasteiger partial charge in [-0.15, -0.1) is 0 Å². The molecule has 9 nitrogen and oxygen atoms in total. The molecule has 0 aliphatic heterocycles. The van der Waals surface area contributed by atoms with Gasteiger partial charge in [-0.2, -0.15) is 0 Å². The van der Waals surface area contributed by atoms with Crippen molar-refractivity contribution in [3.8, 4) is 23.0 Å². The van der Waals surface area contributed by atoms with Crippen molar-refractivity contribution in [3.63, 3.8) is 0 Å². The van der Waals surface area contributed by atoms with Gasteiger partial charge in [-0.25, -0.2) is 9.59 Å². The monoisotopic (exact) mass is 517 g/mol. The predicted molar refractivity (Wildman–Crippen MR) is 143 cm³/mol. The topological polar surface area (TPSA) is 135 Å². The third-order valence-corrected chi connectivity index (χ3v) is 4.94. The molecule has 4 rings (SSSR count). The minimum Gasteiger partial charge on any atom is -0.507 e. The van der Waals surface area contributed by atoms with Crippen molar-refractivity contribution in [3.05, 3.63) is 100 Å². The molecule has 1 aromatic heterocycles. The summed E-state index contributed by atoms with van der Waals surface area (Å²) in [5.74, 6) is -0.299. The van der Waals surface area contributed by atoms with E-state index in [2.05, 4.69) is 5.32 Å². The zero-order valence-electron chi connectivity index (χ0n) is 21.1. The van der Waals surface area contributed by atoms with Gasteiger partial charge < -0.3 is 29.4 Å². The lowest BCUT2D eigenvalue weighted by molar-refractivity contribution is -0.114. The minimum absolute atomic E-state index is 0.0264. The second-order valence-corrected chi connectivity index (χ2v) is 8.32. The maximum absolute atomic E-state index is 11.8. The molecule has 1 amide bonds. The van der Waals surface area contributed by atoms with Gasteiger partial charge >= 0.3 is 11.6 Å².